The molecule has 3 aromatic rings. The lowest BCUT2D eigenvalue weighted by molar-refractivity contribution is 0.102. The Morgan fingerprint density at radius 2 is 2.24 bits per heavy atom. The average molecular weight is 350 g/mol. The summed E-state index contributed by atoms with van der Waals surface area (Å²) in [6.45, 7) is 1.33. The number of benzene rings is 1. The molecule has 2 heterocycles. The van der Waals surface area contributed by atoms with Crippen molar-refractivity contribution in [3.63, 3.8) is 0 Å². The molecule has 0 saturated heterocycles. The number of ketones is 1. The molecule has 0 radical (unpaired) electrons. The van der Waals surface area contributed by atoms with Gasteiger partial charge < -0.3 is 9.30 Å². The lowest BCUT2D eigenvalue weighted by atomic mass is 9.86. The number of aryl methyl sites for hydroxylation is 1. The monoisotopic (exact) mass is 350 g/mol. The third-order valence-corrected chi connectivity index (χ3v) is 5.13. The number of hydrogen-bond donors (Lipinski definition) is 0. The topological polar surface area (TPSA) is 44.1 Å². The van der Waals surface area contributed by atoms with Crippen LogP contribution in [0.15, 0.2) is 60.0 Å². The lowest BCUT2D eigenvalue weighted by Gasteiger charge is -2.18. The van der Waals surface area contributed by atoms with Gasteiger partial charge >= 0.3 is 0 Å². The normalized spacial score (nSPS) is 15.4. The molecule has 5 heteroatoms. The molecule has 4 nitrogen and oxygen atoms in total. The van der Waals surface area contributed by atoms with Gasteiger partial charge in [0.25, 0.3) is 0 Å². The number of allylic oxidation sites excluding steroid dienone is 1. The minimum absolute atomic E-state index is 0.139. The van der Waals surface area contributed by atoms with Crippen molar-refractivity contribution in [1.29, 1.82) is 0 Å². The third kappa shape index (κ3) is 3.56. The fraction of sp³-hybridized carbons (Fsp3) is 0.200. The summed E-state index contributed by atoms with van der Waals surface area (Å²) in [5, 5.41) is 2.03. The molecule has 0 bridgehead atoms. The van der Waals surface area contributed by atoms with E-state index < -0.39 is 0 Å². The van der Waals surface area contributed by atoms with E-state index in [1.165, 1.54) is 0 Å². The van der Waals surface area contributed by atoms with Gasteiger partial charge in [0, 0.05) is 28.4 Å². The molecule has 0 unspecified atom stereocenters. The maximum Gasteiger partial charge on any atom is 0.189 e. The lowest BCUT2D eigenvalue weighted by Crippen LogP contribution is -2.14. The Morgan fingerprint density at radius 1 is 1.28 bits per heavy atom. The highest BCUT2D eigenvalue weighted by molar-refractivity contribution is 7.10. The molecule has 4 rings (SSSR count). The molecule has 1 aliphatic rings. The Kier molecular flexibility index (Phi) is 4.48. The Hall–Kier alpha value is -2.66. The number of carbonyl (C=O) groups is 1. The molecular weight excluding hydrogens is 332 g/mol. The van der Waals surface area contributed by atoms with Gasteiger partial charge in [-0.15, -0.1) is 11.3 Å². The van der Waals surface area contributed by atoms with Crippen molar-refractivity contribution in [1.82, 2.24) is 9.55 Å². The number of ether oxygens (including phenoxy) is 1. The van der Waals surface area contributed by atoms with Crippen LogP contribution in [-0.4, -0.2) is 21.9 Å². The highest BCUT2D eigenvalue weighted by atomic mass is 32.1. The Labute approximate surface area is 150 Å². The zero-order valence-electron chi connectivity index (χ0n) is 13.7. The Morgan fingerprint density at radius 3 is 3.04 bits per heavy atom. The molecule has 1 aliphatic carbocycles. The number of carbonyl (C=O) groups excluding carboxylic acids is 1. The van der Waals surface area contributed by atoms with E-state index in [2.05, 4.69) is 4.98 Å². The third-order valence-electron chi connectivity index (χ3n) is 4.31. The summed E-state index contributed by atoms with van der Waals surface area (Å²) in [6, 6.07) is 9.83. The van der Waals surface area contributed by atoms with Gasteiger partial charge in [-0.2, -0.15) is 0 Å². The van der Waals surface area contributed by atoms with E-state index in [-0.39, 0.29) is 5.78 Å². The van der Waals surface area contributed by atoms with Crippen LogP contribution in [0.2, 0.25) is 0 Å². The van der Waals surface area contributed by atoms with Gasteiger partial charge in [0.05, 0.1) is 12.9 Å². The number of Topliss-reactive ketones (excluding diaryl/α,β-unsaturated/α-hetero) is 1. The van der Waals surface area contributed by atoms with E-state index in [9.17, 15) is 4.79 Å². The van der Waals surface area contributed by atoms with Crippen LogP contribution in [0.3, 0.4) is 0 Å². The second-order valence-corrected chi connectivity index (χ2v) is 6.96. The Bertz CT molecular complexity index is 896. The summed E-state index contributed by atoms with van der Waals surface area (Å²) >= 11 is 1.66. The van der Waals surface area contributed by atoms with E-state index in [0.29, 0.717) is 6.61 Å². The first-order valence-corrected chi connectivity index (χ1v) is 9.18. The summed E-state index contributed by atoms with van der Waals surface area (Å²) in [7, 11) is 0. The summed E-state index contributed by atoms with van der Waals surface area (Å²) in [5.41, 5.74) is 2.77. The van der Waals surface area contributed by atoms with Crippen molar-refractivity contribution in [2.24, 2.45) is 0 Å². The summed E-state index contributed by atoms with van der Waals surface area (Å²) in [4.78, 5) is 17.9. The van der Waals surface area contributed by atoms with Crippen LogP contribution < -0.4 is 4.74 Å². The fourth-order valence-electron chi connectivity index (χ4n) is 3.01. The smallest absolute Gasteiger partial charge is 0.189 e. The fourth-order valence-corrected chi connectivity index (χ4v) is 3.70. The van der Waals surface area contributed by atoms with Crippen molar-refractivity contribution in [3.05, 3.63) is 76.0 Å². The zero-order valence-corrected chi connectivity index (χ0v) is 14.5. The first-order chi connectivity index (χ1) is 12.3. The predicted octanol–water partition coefficient (Wildman–Crippen LogP) is 4.24. The molecule has 0 N–H and O–H groups in total. The number of hydrogen-bond acceptors (Lipinski definition) is 4. The van der Waals surface area contributed by atoms with E-state index in [1.807, 2.05) is 52.6 Å². The average Bonchev–Trinajstić information content (AvgIpc) is 3.31. The summed E-state index contributed by atoms with van der Waals surface area (Å²) in [6.07, 6.45) is 9.11. The Balaban J connectivity index is 1.46. The molecular formula is C20H18N2O2S. The molecule has 25 heavy (non-hydrogen) atoms. The minimum atomic E-state index is 0.139. The van der Waals surface area contributed by atoms with Gasteiger partial charge in [-0.1, -0.05) is 6.07 Å². The number of aromatic nitrogens is 2. The quantitative estimate of drug-likeness (QED) is 0.647. The zero-order chi connectivity index (χ0) is 17.1. The van der Waals surface area contributed by atoms with Gasteiger partial charge in [0.1, 0.15) is 12.4 Å². The van der Waals surface area contributed by atoms with Crippen molar-refractivity contribution in [2.45, 2.75) is 19.4 Å². The van der Waals surface area contributed by atoms with Crippen LogP contribution in [0.25, 0.3) is 6.08 Å². The molecule has 0 spiro atoms. The summed E-state index contributed by atoms with van der Waals surface area (Å²) < 4.78 is 7.80. The van der Waals surface area contributed by atoms with Gasteiger partial charge in [0.2, 0.25) is 0 Å². The SMILES string of the molecule is O=C1C(=Cc2cccs2)CCc2cc(OCCn3ccnc3)ccc21. The standard InChI is InChI=1S/C20H18N2O2S/c23-20-16(13-18-2-1-11-25-18)4-3-15-12-17(5-6-19(15)20)24-10-9-22-8-7-21-14-22/h1-2,5-8,11-14H,3-4,9-10H2. The van der Waals surface area contributed by atoms with Crippen molar-refractivity contribution in [2.75, 3.05) is 6.61 Å². The second kappa shape index (κ2) is 7.07. The van der Waals surface area contributed by atoms with Gasteiger partial charge in [-0.3, -0.25) is 4.79 Å². The highest BCUT2D eigenvalue weighted by Crippen LogP contribution is 2.30. The van der Waals surface area contributed by atoms with Crippen LogP contribution in [0.4, 0.5) is 0 Å². The number of nitrogens with zero attached hydrogens (tertiary/aromatic N) is 2. The van der Waals surface area contributed by atoms with Gasteiger partial charge in [-0.25, -0.2) is 4.98 Å². The molecule has 1 aromatic carbocycles. The summed E-state index contributed by atoms with van der Waals surface area (Å²) in [5.74, 6) is 0.956. The second-order valence-electron chi connectivity index (χ2n) is 5.98. The van der Waals surface area contributed by atoms with E-state index >= 15 is 0 Å². The van der Waals surface area contributed by atoms with Gasteiger partial charge in [-0.05, 0) is 54.1 Å². The highest BCUT2D eigenvalue weighted by Gasteiger charge is 2.22. The van der Waals surface area contributed by atoms with Crippen LogP contribution in [0.1, 0.15) is 27.2 Å². The molecule has 0 fully saturated rings. The molecule has 0 atom stereocenters. The molecule has 0 aliphatic heterocycles. The van der Waals surface area contributed by atoms with Crippen molar-refractivity contribution in [3.8, 4) is 5.75 Å². The van der Waals surface area contributed by atoms with Crippen LogP contribution >= 0.6 is 11.3 Å². The first kappa shape index (κ1) is 15.8. The van der Waals surface area contributed by atoms with E-state index in [4.69, 9.17) is 4.74 Å². The first-order valence-electron chi connectivity index (χ1n) is 8.30. The number of imidazole rings is 1. The minimum Gasteiger partial charge on any atom is -0.492 e. The van der Waals surface area contributed by atoms with Crippen LogP contribution in [-0.2, 0) is 13.0 Å². The molecule has 0 saturated carbocycles. The van der Waals surface area contributed by atoms with Crippen molar-refractivity contribution >= 4 is 23.2 Å². The number of fused-ring (bicyclic) bond motifs is 1. The van der Waals surface area contributed by atoms with Crippen LogP contribution in [0.5, 0.6) is 5.75 Å². The molecule has 2 aromatic heterocycles. The van der Waals surface area contributed by atoms with E-state index in [1.54, 1.807) is 23.9 Å². The maximum absolute atomic E-state index is 12.7. The van der Waals surface area contributed by atoms with E-state index in [0.717, 1.165) is 46.7 Å². The van der Waals surface area contributed by atoms with Crippen molar-refractivity contribution < 1.29 is 9.53 Å². The maximum atomic E-state index is 12.7. The largest absolute Gasteiger partial charge is 0.492 e. The number of thiophene rings is 1. The van der Waals surface area contributed by atoms with Gasteiger partial charge in [0.15, 0.2) is 5.78 Å². The molecule has 126 valence electrons. The predicted molar refractivity (Wildman–Crippen MR) is 99.1 cm³/mol. The number of rotatable bonds is 5. The van der Waals surface area contributed by atoms with Crippen LogP contribution in [0, 0.1) is 0 Å². The molecule has 0 amide bonds.